The van der Waals surface area contributed by atoms with Gasteiger partial charge in [0.2, 0.25) is 0 Å². The molecule has 1 aromatic rings. The number of hydrogen-bond acceptors (Lipinski definition) is 1. The summed E-state index contributed by atoms with van der Waals surface area (Å²) in [7, 11) is 0. The van der Waals surface area contributed by atoms with Gasteiger partial charge >= 0.3 is 6.18 Å². The van der Waals surface area contributed by atoms with Gasteiger partial charge in [0.15, 0.2) is 0 Å². The molecule has 0 spiro atoms. The van der Waals surface area contributed by atoms with Crippen molar-refractivity contribution in [3.05, 3.63) is 28.8 Å². The first kappa shape index (κ1) is 15.5. The van der Waals surface area contributed by atoms with Crippen LogP contribution in [-0.2, 0) is 6.18 Å². The molecule has 1 aliphatic carbocycles. The molecule has 1 N–H and O–H groups in total. The van der Waals surface area contributed by atoms with E-state index in [4.69, 9.17) is 11.6 Å². The molecule has 0 aromatic heterocycles. The Balaban J connectivity index is 2.10. The summed E-state index contributed by atoms with van der Waals surface area (Å²) < 4.78 is 37.7. The van der Waals surface area contributed by atoms with Crippen LogP contribution in [0.5, 0.6) is 0 Å². The second kappa shape index (κ2) is 5.47. The average Bonchev–Trinajstić information content (AvgIpc) is 2.29. The highest BCUT2D eigenvalue weighted by atomic mass is 35.5. The molecule has 1 unspecified atom stereocenters. The summed E-state index contributed by atoms with van der Waals surface area (Å²) in [5, 5.41) is 3.41. The first-order chi connectivity index (χ1) is 9.17. The van der Waals surface area contributed by atoms with Gasteiger partial charge < -0.3 is 5.32 Å². The third-order valence-corrected chi connectivity index (χ3v) is 4.17. The summed E-state index contributed by atoms with van der Waals surface area (Å²) in [5.41, 5.74) is 0.147. The zero-order chi connectivity index (χ0) is 15.0. The molecule has 112 valence electrons. The zero-order valence-electron chi connectivity index (χ0n) is 11.6. The van der Waals surface area contributed by atoms with E-state index in [9.17, 15) is 13.2 Å². The Morgan fingerprint density at radius 1 is 1.30 bits per heavy atom. The normalized spacial score (nSPS) is 22.6. The first-order valence-corrected chi connectivity index (χ1v) is 7.18. The van der Waals surface area contributed by atoms with Gasteiger partial charge in [-0.1, -0.05) is 31.9 Å². The van der Waals surface area contributed by atoms with Crippen LogP contribution >= 0.6 is 11.6 Å². The van der Waals surface area contributed by atoms with Gasteiger partial charge in [-0.05, 0) is 42.9 Å². The van der Waals surface area contributed by atoms with Crippen molar-refractivity contribution < 1.29 is 13.2 Å². The number of hydrogen-bond donors (Lipinski definition) is 1. The van der Waals surface area contributed by atoms with Crippen molar-refractivity contribution in [2.24, 2.45) is 5.41 Å². The van der Waals surface area contributed by atoms with Crippen LogP contribution in [0.2, 0.25) is 5.02 Å². The summed E-state index contributed by atoms with van der Waals surface area (Å²) in [5.74, 6) is 0. The van der Waals surface area contributed by atoms with E-state index in [0.29, 0.717) is 5.69 Å². The fraction of sp³-hybridized carbons (Fsp3) is 0.600. The van der Waals surface area contributed by atoms with E-state index in [1.807, 2.05) is 0 Å². The largest absolute Gasteiger partial charge is 0.416 e. The number of alkyl halides is 3. The van der Waals surface area contributed by atoms with Crippen molar-refractivity contribution in [2.45, 2.75) is 51.7 Å². The van der Waals surface area contributed by atoms with E-state index in [1.54, 1.807) is 0 Å². The van der Waals surface area contributed by atoms with E-state index in [1.165, 1.54) is 12.5 Å². The van der Waals surface area contributed by atoms with Crippen molar-refractivity contribution in [1.29, 1.82) is 0 Å². The van der Waals surface area contributed by atoms with Crippen LogP contribution in [0, 0.1) is 5.41 Å². The fourth-order valence-corrected chi connectivity index (χ4v) is 3.08. The molecule has 0 bridgehead atoms. The predicted molar refractivity (Wildman–Crippen MR) is 76.1 cm³/mol. The SMILES string of the molecule is CC1(C)CCCC(Nc2ccc(C(F)(F)F)cc2Cl)C1. The highest BCUT2D eigenvalue weighted by Gasteiger charge is 2.31. The minimum absolute atomic E-state index is 0.128. The van der Waals surface area contributed by atoms with E-state index in [-0.39, 0.29) is 16.5 Å². The van der Waals surface area contributed by atoms with Gasteiger partial charge in [0.25, 0.3) is 0 Å². The third-order valence-electron chi connectivity index (χ3n) is 3.86. The molecule has 1 atom stereocenters. The summed E-state index contributed by atoms with van der Waals surface area (Å²) in [6, 6.07) is 3.75. The van der Waals surface area contributed by atoms with E-state index in [2.05, 4.69) is 19.2 Å². The maximum absolute atomic E-state index is 12.6. The van der Waals surface area contributed by atoms with Crippen molar-refractivity contribution in [1.82, 2.24) is 0 Å². The Morgan fingerprint density at radius 2 is 2.00 bits per heavy atom. The van der Waals surface area contributed by atoms with Crippen molar-refractivity contribution in [3.8, 4) is 0 Å². The Labute approximate surface area is 122 Å². The molecular formula is C15H19ClF3N. The number of anilines is 1. The second-order valence-electron chi connectivity index (χ2n) is 6.29. The topological polar surface area (TPSA) is 12.0 Å². The monoisotopic (exact) mass is 305 g/mol. The molecule has 20 heavy (non-hydrogen) atoms. The molecule has 1 nitrogen and oxygen atoms in total. The number of rotatable bonds is 2. The molecule has 1 aromatic carbocycles. The molecule has 1 aliphatic rings. The molecule has 0 saturated heterocycles. The predicted octanol–water partition coefficient (Wildman–Crippen LogP) is 5.74. The Morgan fingerprint density at radius 3 is 2.55 bits per heavy atom. The maximum Gasteiger partial charge on any atom is 0.416 e. The highest BCUT2D eigenvalue weighted by molar-refractivity contribution is 6.33. The number of benzene rings is 1. The van der Waals surface area contributed by atoms with Crippen LogP contribution in [0.1, 0.15) is 45.1 Å². The van der Waals surface area contributed by atoms with Gasteiger partial charge in [-0.3, -0.25) is 0 Å². The lowest BCUT2D eigenvalue weighted by Crippen LogP contribution is -2.31. The lowest BCUT2D eigenvalue weighted by atomic mass is 9.75. The molecule has 1 saturated carbocycles. The smallest absolute Gasteiger partial charge is 0.381 e. The third kappa shape index (κ3) is 3.81. The summed E-state index contributed by atoms with van der Waals surface area (Å²) in [4.78, 5) is 0. The van der Waals surface area contributed by atoms with Crippen molar-refractivity contribution in [2.75, 3.05) is 5.32 Å². The summed E-state index contributed by atoms with van der Waals surface area (Å²) in [6.45, 7) is 4.43. The van der Waals surface area contributed by atoms with Crippen molar-refractivity contribution in [3.63, 3.8) is 0 Å². The molecule has 0 aliphatic heterocycles. The Hall–Kier alpha value is -0.900. The molecule has 5 heteroatoms. The van der Waals surface area contributed by atoms with Crippen LogP contribution in [0.4, 0.5) is 18.9 Å². The van der Waals surface area contributed by atoms with E-state index in [0.717, 1.165) is 31.4 Å². The molecule has 0 radical (unpaired) electrons. The van der Waals surface area contributed by atoms with Crippen LogP contribution < -0.4 is 5.32 Å². The molecular weight excluding hydrogens is 287 g/mol. The minimum atomic E-state index is -4.35. The summed E-state index contributed by atoms with van der Waals surface area (Å²) >= 11 is 5.96. The molecule has 2 rings (SSSR count). The standard InChI is InChI=1S/C15H19ClF3N/c1-14(2)7-3-4-11(9-14)20-13-6-5-10(8-12(13)16)15(17,18)19/h5-6,8,11,20H,3-4,7,9H2,1-2H3. The molecule has 1 fully saturated rings. The fourth-order valence-electron chi connectivity index (χ4n) is 2.85. The van der Waals surface area contributed by atoms with Gasteiger partial charge in [-0.2, -0.15) is 13.2 Å². The second-order valence-corrected chi connectivity index (χ2v) is 6.70. The average molecular weight is 306 g/mol. The van der Waals surface area contributed by atoms with Gasteiger partial charge in [-0.25, -0.2) is 0 Å². The molecule has 0 amide bonds. The zero-order valence-corrected chi connectivity index (χ0v) is 12.4. The van der Waals surface area contributed by atoms with E-state index >= 15 is 0 Å². The summed E-state index contributed by atoms with van der Waals surface area (Å²) in [6.07, 6.45) is -0.00498. The Bertz CT molecular complexity index is 482. The van der Waals surface area contributed by atoms with Gasteiger partial charge in [0.1, 0.15) is 0 Å². The minimum Gasteiger partial charge on any atom is -0.381 e. The maximum atomic E-state index is 12.6. The van der Waals surface area contributed by atoms with E-state index < -0.39 is 11.7 Å². The van der Waals surface area contributed by atoms with Crippen molar-refractivity contribution >= 4 is 17.3 Å². The van der Waals surface area contributed by atoms with Gasteiger partial charge in [-0.15, -0.1) is 0 Å². The van der Waals surface area contributed by atoms with Crippen LogP contribution in [0.3, 0.4) is 0 Å². The highest BCUT2D eigenvalue weighted by Crippen LogP contribution is 2.38. The van der Waals surface area contributed by atoms with Gasteiger partial charge in [0.05, 0.1) is 16.3 Å². The quantitative estimate of drug-likeness (QED) is 0.734. The van der Waals surface area contributed by atoms with Gasteiger partial charge in [0, 0.05) is 6.04 Å². The lowest BCUT2D eigenvalue weighted by molar-refractivity contribution is -0.137. The van der Waals surface area contributed by atoms with Crippen LogP contribution in [0.25, 0.3) is 0 Å². The number of nitrogens with one attached hydrogen (secondary N) is 1. The first-order valence-electron chi connectivity index (χ1n) is 6.81. The molecule has 0 heterocycles. The lowest BCUT2D eigenvalue weighted by Gasteiger charge is -2.36. The van der Waals surface area contributed by atoms with Crippen LogP contribution in [0.15, 0.2) is 18.2 Å². The van der Waals surface area contributed by atoms with Crippen LogP contribution in [-0.4, -0.2) is 6.04 Å². The number of halogens is 4. The Kier molecular flexibility index (Phi) is 4.24.